The number of phosphoric acid groups is 1. The zero-order chi connectivity index (χ0) is 42.1. The van der Waals surface area contributed by atoms with Gasteiger partial charge >= 0.3 is 19.8 Å². The average Bonchev–Trinajstić information content (AvgIpc) is 3.19. The summed E-state index contributed by atoms with van der Waals surface area (Å²) in [6.45, 7) is 3.34. The third-order valence-corrected chi connectivity index (χ3v) is 9.74. The molecule has 0 aliphatic heterocycles. The highest BCUT2D eigenvalue weighted by Gasteiger charge is 2.26. The van der Waals surface area contributed by atoms with E-state index in [0.29, 0.717) is 25.7 Å². The molecule has 12 heteroatoms. The van der Waals surface area contributed by atoms with Gasteiger partial charge in [-0.05, 0) is 70.6 Å². The SMILES string of the molecule is CCCCC/C=C\C/C=C\CCCCCCCCCC(=O)O[C@H](COC(=O)CCC[C@H](O)\C=C/C=C/C=C/[C@H](O)C/C=C\CCCCC)COP(=O)(O)OCCN. The van der Waals surface area contributed by atoms with Gasteiger partial charge in [-0.25, -0.2) is 4.57 Å². The highest BCUT2D eigenvalue weighted by molar-refractivity contribution is 7.47. The standard InChI is InChI=1S/C45H78NO10P/c1-3-5-7-9-11-12-13-14-15-16-17-18-19-20-21-23-29-35-45(50)56-43(40-55-57(51,52)54-38-37-46)39-53-44(49)36-30-34-42(48)33-28-25-24-27-32-41(47)31-26-22-10-8-6-4-2/h11-12,14-15,22,24-28,32-33,41-43,47-48H,3-10,13,16-21,23,29-31,34-40,46H2,1-2H3,(H,51,52)/b12-11-,15-14-,25-24+,26-22-,32-27+,33-28-/t41-,42-,43-/m1/s1. The number of unbranched alkanes of at least 4 members (excludes halogenated alkanes) is 13. The van der Waals surface area contributed by atoms with E-state index in [9.17, 15) is 29.3 Å². The topological polar surface area (TPSA) is 175 Å². The Labute approximate surface area is 345 Å². The fourth-order valence-electron chi connectivity index (χ4n) is 5.45. The molecule has 0 aromatic carbocycles. The Hall–Kier alpha value is -2.63. The number of rotatable bonds is 39. The van der Waals surface area contributed by atoms with Gasteiger partial charge in [0.05, 0.1) is 25.4 Å². The molecule has 57 heavy (non-hydrogen) atoms. The molecule has 0 bridgehead atoms. The normalized spacial score (nSPS) is 15.1. The Morgan fingerprint density at radius 2 is 1.18 bits per heavy atom. The van der Waals surface area contributed by atoms with E-state index in [4.69, 9.17) is 24.3 Å². The van der Waals surface area contributed by atoms with E-state index in [1.165, 1.54) is 57.8 Å². The number of hydrogen-bond donors (Lipinski definition) is 4. The molecule has 0 aliphatic carbocycles. The molecule has 0 aromatic rings. The third kappa shape index (κ3) is 40.0. The van der Waals surface area contributed by atoms with Crippen LogP contribution in [0.15, 0.2) is 72.9 Å². The van der Waals surface area contributed by atoms with Crippen molar-refractivity contribution in [1.29, 1.82) is 0 Å². The van der Waals surface area contributed by atoms with Gasteiger partial charge < -0.3 is 30.3 Å². The molecule has 4 atom stereocenters. The molecule has 5 N–H and O–H groups in total. The highest BCUT2D eigenvalue weighted by Crippen LogP contribution is 2.43. The maximum atomic E-state index is 12.6. The maximum Gasteiger partial charge on any atom is 0.472 e. The summed E-state index contributed by atoms with van der Waals surface area (Å²) < 4.78 is 32.6. The summed E-state index contributed by atoms with van der Waals surface area (Å²) in [4.78, 5) is 34.9. The number of carbonyl (C=O) groups excluding carboxylic acids is 2. The lowest BCUT2D eigenvalue weighted by Gasteiger charge is -2.20. The molecule has 0 saturated carbocycles. The summed E-state index contributed by atoms with van der Waals surface area (Å²) in [6, 6.07) is 0. The van der Waals surface area contributed by atoms with Crippen LogP contribution in [-0.4, -0.2) is 71.7 Å². The average molecular weight is 824 g/mol. The Morgan fingerprint density at radius 3 is 1.79 bits per heavy atom. The van der Waals surface area contributed by atoms with Crippen LogP contribution < -0.4 is 5.73 Å². The number of hydrogen-bond acceptors (Lipinski definition) is 10. The van der Waals surface area contributed by atoms with Crippen LogP contribution in [-0.2, 0) is 32.7 Å². The van der Waals surface area contributed by atoms with Crippen LogP contribution in [0.25, 0.3) is 0 Å². The van der Waals surface area contributed by atoms with Gasteiger partial charge in [-0.2, -0.15) is 0 Å². The van der Waals surface area contributed by atoms with Crippen LogP contribution in [0.4, 0.5) is 0 Å². The van der Waals surface area contributed by atoms with Gasteiger partial charge in [0.15, 0.2) is 6.10 Å². The van der Waals surface area contributed by atoms with Gasteiger partial charge in [-0.1, -0.05) is 145 Å². The van der Waals surface area contributed by atoms with Crippen LogP contribution in [0.3, 0.4) is 0 Å². The van der Waals surface area contributed by atoms with Crippen molar-refractivity contribution in [3.8, 4) is 0 Å². The van der Waals surface area contributed by atoms with Crippen LogP contribution in [0.5, 0.6) is 0 Å². The molecular formula is C45H78NO10P. The van der Waals surface area contributed by atoms with E-state index in [1.807, 2.05) is 6.08 Å². The van der Waals surface area contributed by atoms with Crippen LogP contribution >= 0.6 is 7.82 Å². The lowest BCUT2D eigenvalue weighted by Crippen LogP contribution is -2.29. The second-order valence-electron chi connectivity index (χ2n) is 14.3. The molecule has 0 amide bonds. The summed E-state index contributed by atoms with van der Waals surface area (Å²) in [7, 11) is -4.44. The summed E-state index contributed by atoms with van der Waals surface area (Å²) in [5.74, 6) is -1.08. The largest absolute Gasteiger partial charge is 0.472 e. The quantitative estimate of drug-likeness (QED) is 0.0153. The van der Waals surface area contributed by atoms with Crippen molar-refractivity contribution in [2.24, 2.45) is 5.73 Å². The Balaban J connectivity index is 4.44. The third-order valence-electron chi connectivity index (χ3n) is 8.75. The number of esters is 2. The number of aliphatic hydroxyl groups excluding tert-OH is 2. The number of allylic oxidation sites excluding steroid dienone is 9. The first kappa shape index (κ1) is 54.4. The first-order valence-electron chi connectivity index (χ1n) is 21.6. The monoisotopic (exact) mass is 824 g/mol. The van der Waals surface area contributed by atoms with E-state index in [-0.39, 0.29) is 32.6 Å². The van der Waals surface area contributed by atoms with Crippen molar-refractivity contribution in [3.05, 3.63) is 72.9 Å². The molecule has 0 rings (SSSR count). The molecule has 1 unspecified atom stereocenters. The second-order valence-corrected chi connectivity index (χ2v) is 15.7. The van der Waals surface area contributed by atoms with Gasteiger partial charge in [-0.15, -0.1) is 0 Å². The fraction of sp³-hybridized carbons (Fsp3) is 0.689. The van der Waals surface area contributed by atoms with Gasteiger partial charge in [0, 0.05) is 19.4 Å². The number of phosphoric ester groups is 1. The van der Waals surface area contributed by atoms with Crippen LogP contribution in [0, 0.1) is 0 Å². The molecule has 0 fully saturated rings. The predicted molar refractivity (Wildman–Crippen MR) is 231 cm³/mol. The molecule has 0 spiro atoms. The van der Waals surface area contributed by atoms with Gasteiger partial charge in [0.25, 0.3) is 0 Å². The minimum Gasteiger partial charge on any atom is -0.462 e. The number of ether oxygens (including phenoxy) is 2. The lowest BCUT2D eigenvalue weighted by atomic mass is 10.1. The lowest BCUT2D eigenvalue weighted by molar-refractivity contribution is -0.161. The first-order valence-corrected chi connectivity index (χ1v) is 23.1. The zero-order valence-corrected chi connectivity index (χ0v) is 36.2. The Bertz CT molecular complexity index is 1200. The molecule has 328 valence electrons. The predicted octanol–water partition coefficient (Wildman–Crippen LogP) is 10.2. The van der Waals surface area contributed by atoms with E-state index < -0.39 is 44.7 Å². The maximum absolute atomic E-state index is 12.6. The van der Waals surface area contributed by atoms with E-state index in [2.05, 4.69) is 44.2 Å². The molecule has 0 aliphatic rings. The van der Waals surface area contributed by atoms with Gasteiger partial charge in [0.2, 0.25) is 0 Å². The highest BCUT2D eigenvalue weighted by atomic mass is 31.2. The number of nitrogens with two attached hydrogens (primary N) is 1. The number of carbonyl (C=O) groups is 2. The van der Waals surface area contributed by atoms with E-state index >= 15 is 0 Å². The van der Waals surface area contributed by atoms with Gasteiger partial charge in [0.1, 0.15) is 6.61 Å². The van der Waals surface area contributed by atoms with Crippen LogP contribution in [0.1, 0.15) is 155 Å². The van der Waals surface area contributed by atoms with Gasteiger partial charge in [-0.3, -0.25) is 18.6 Å². The molecule has 0 saturated heterocycles. The molecule has 11 nitrogen and oxygen atoms in total. The van der Waals surface area contributed by atoms with Crippen molar-refractivity contribution in [1.82, 2.24) is 0 Å². The molecule has 0 aromatic heterocycles. The van der Waals surface area contributed by atoms with Crippen molar-refractivity contribution >= 4 is 19.8 Å². The van der Waals surface area contributed by atoms with Crippen molar-refractivity contribution in [2.45, 2.75) is 173 Å². The number of aliphatic hydroxyl groups is 2. The molecule has 0 heterocycles. The Kier molecular flexibility index (Phi) is 38.3. The summed E-state index contributed by atoms with van der Waals surface area (Å²) >= 11 is 0. The molecular weight excluding hydrogens is 745 g/mol. The van der Waals surface area contributed by atoms with E-state index in [1.54, 1.807) is 36.5 Å². The minimum absolute atomic E-state index is 0.0136. The summed E-state index contributed by atoms with van der Waals surface area (Å²) in [5, 5.41) is 20.3. The minimum atomic E-state index is -4.44. The van der Waals surface area contributed by atoms with Crippen LogP contribution in [0.2, 0.25) is 0 Å². The Morgan fingerprint density at radius 1 is 0.632 bits per heavy atom. The zero-order valence-electron chi connectivity index (χ0n) is 35.3. The molecule has 0 radical (unpaired) electrons. The summed E-state index contributed by atoms with van der Waals surface area (Å²) in [5.41, 5.74) is 5.33. The van der Waals surface area contributed by atoms with E-state index in [0.717, 1.165) is 44.9 Å². The first-order chi connectivity index (χ1) is 27.6. The van der Waals surface area contributed by atoms with Crippen molar-refractivity contribution in [2.75, 3.05) is 26.4 Å². The van der Waals surface area contributed by atoms with Crippen molar-refractivity contribution < 1.29 is 47.8 Å². The summed E-state index contributed by atoms with van der Waals surface area (Å²) in [6.07, 6.45) is 41.3. The smallest absolute Gasteiger partial charge is 0.462 e. The fourth-order valence-corrected chi connectivity index (χ4v) is 6.21. The second kappa shape index (κ2) is 40.2. The van der Waals surface area contributed by atoms with Crippen molar-refractivity contribution in [3.63, 3.8) is 0 Å².